The first kappa shape index (κ1) is 10.5. The molecule has 0 aliphatic heterocycles. The van der Waals surface area contributed by atoms with E-state index in [9.17, 15) is 4.79 Å². The first-order chi connectivity index (χ1) is 6.83. The van der Waals surface area contributed by atoms with E-state index in [0.717, 1.165) is 5.69 Å². The average molecular weight is 194 g/mol. The average Bonchev–Trinajstić information content (AvgIpc) is 2.68. The fourth-order valence-electron chi connectivity index (χ4n) is 0.927. The maximum Gasteiger partial charge on any atom is 0.234 e. The molecule has 1 rings (SSSR count). The van der Waals surface area contributed by atoms with Crippen LogP contribution in [0.3, 0.4) is 0 Å². The lowest BCUT2D eigenvalue weighted by Crippen LogP contribution is -2.33. The van der Waals surface area contributed by atoms with Crippen LogP contribution < -0.4 is 10.6 Å². The van der Waals surface area contributed by atoms with Gasteiger partial charge in [-0.3, -0.25) is 9.89 Å². The summed E-state index contributed by atoms with van der Waals surface area (Å²) in [6, 6.07) is 1.82. The summed E-state index contributed by atoms with van der Waals surface area (Å²) in [5.74, 6) is -0.0403. The number of carbonyl (C=O) groups excluding carboxylic acids is 1. The molecule has 0 unspecified atom stereocenters. The highest BCUT2D eigenvalue weighted by Gasteiger charge is 1.99. The summed E-state index contributed by atoms with van der Waals surface area (Å²) in [6.07, 6.45) is 3.36. The van der Waals surface area contributed by atoms with E-state index < -0.39 is 0 Å². The lowest BCUT2D eigenvalue weighted by Gasteiger charge is -2.03. The lowest BCUT2D eigenvalue weighted by molar-refractivity contribution is -0.120. The SMILES string of the molecule is C=CCNCC(=O)NCc1ccn[nH]1. The molecule has 5 nitrogen and oxygen atoms in total. The summed E-state index contributed by atoms with van der Waals surface area (Å²) < 4.78 is 0. The fourth-order valence-corrected chi connectivity index (χ4v) is 0.927. The van der Waals surface area contributed by atoms with Crippen molar-refractivity contribution in [3.63, 3.8) is 0 Å². The van der Waals surface area contributed by atoms with Crippen molar-refractivity contribution in [3.05, 3.63) is 30.6 Å². The van der Waals surface area contributed by atoms with Crippen LogP contribution in [-0.4, -0.2) is 29.2 Å². The quantitative estimate of drug-likeness (QED) is 0.434. The Kier molecular flexibility index (Phi) is 4.43. The summed E-state index contributed by atoms with van der Waals surface area (Å²) in [5, 5.41) is 12.2. The van der Waals surface area contributed by atoms with Crippen LogP contribution in [-0.2, 0) is 11.3 Å². The summed E-state index contributed by atoms with van der Waals surface area (Å²) in [7, 11) is 0. The van der Waals surface area contributed by atoms with E-state index in [4.69, 9.17) is 0 Å². The predicted octanol–water partition coefficient (Wildman–Crippen LogP) is -0.199. The lowest BCUT2D eigenvalue weighted by atomic mass is 10.4. The number of nitrogens with zero attached hydrogens (tertiary/aromatic N) is 1. The van der Waals surface area contributed by atoms with Gasteiger partial charge in [0.15, 0.2) is 0 Å². The second kappa shape index (κ2) is 5.93. The molecule has 0 aromatic carbocycles. The number of nitrogens with one attached hydrogen (secondary N) is 3. The van der Waals surface area contributed by atoms with E-state index in [2.05, 4.69) is 27.4 Å². The molecule has 3 N–H and O–H groups in total. The molecule has 0 saturated heterocycles. The number of hydrogen-bond donors (Lipinski definition) is 3. The van der Waals surface area contributed by atoms with Crippen molar-refractivity contribution < 1.29 is 4.79 Å². The van der Waals surface area contributed by atoms with Crippen molar-refractivity contribution in [2.75, 3.05) is 13.1 Å². The van der Waals surface area contributed by atoms with Gasteiger partial charge in [-0.1, -0.05) is 6.08 Å². The Labute approximate surface area is 82.6 Å². The Balaban J connectivity index is 2.12. The molecule has 0 aliphatic carbocycles. The second-order valence-corrected chi connectivity index (χ2v) is 2.78. The minimum Gasteiger partial charge on any atom is -0.349 e. The first-order valence-corrected chi connectivity index (χ1v) is 4.39. The summed E-state index contributed by atoms with van der Waals surface area (Å²) in [4.78, 5) is 11.2. The van der Waals surface area contributed by atoms with Gasteiger partial charge in [0.1, 0.15) is 0 Å². The number of aromatic amines is 1. The van der Waals surface area contributed by atoms with Crippen molar-refractivity contribution in [2.24, 2.45) is 0 Å². The Morgan fingerprint density at radius 1 is 1.71 bits per heavy atom. The molecule has 1 heterocycles. The number of hydrogen-bond acceptors (Lipinski definition) is 3. The molecule has 1 aromatic heterocycles. The van der Waals surface area contributed by atoms with Gasteiger partial charge in [-0.05, 0) is 6.07 Å². The second-order valence-electron chi connectivity index (χ2n) is 2.78. The van der Waals surface area contributed by atoms with Gasteiger partial charge in [-0.2, -0.15) is 5.10 Å². The van der Waals surface area contributed by atoms with Crippen LogP contribution in [0.5, 0.6) is 0 Å². The van der Waals surface area contributed by atoms with Crippen molar-refractivity contribution in [2.45, 2.75) is 6.54 Å². The third kappa shape index (κ3) is 3.86. The van der Waals surface area contributed by atoms with E-state index in [1.54, 1.807) is 12.3 Å². The molecule has 5 heteroatoms. The zero-order valence-electron chi connectivity index (χ0n) is 7.92. The number of amides is 1. The molecule has 0 spiro atoms. The van der Waals surface area contributed by atoms with Gasteiger partial charge < -0.3 is 10.6 Å². The van der Waals surface area contributed by atoms with Crippen LogP contribution >= 0.6 is 0 Å². The van der Waals surface area contributed by atoms with Crippen molar-refractivity contribution in [1.82, 2.24) is 20.8 Å². The molecule has 0 atom stereocenters. The molecule has 0 fully saturated rings. The molecular formula is C9H14N4O. The fraction of sp³-hybridized carbons (Fsp3) is 0.333. The van der Waals surface area contributed by atoms with Crippen LogP contribution in [0.15, 0.2) is 24.9 Å². The van der Waals surface area contributed by atoms with Gasteiger partial charge in [0.05, 0.1) is 18.8 Å². The Hall–Kier alpha value is -1.62. The Morgan fingerprint density at radius 2 is 2.57 bits per heavy atom. The Morgan fingerprint density at radius 3 is 3.21 bits per heavy atom. The van der Waals surface area contributed by atoms with E-state index in [-0.39, 0.29) is 5.91 Å². The third-order valence-corrected chi connectivity index (χ3v) is 1.61. The minimum absolute atomic E-state index is 0.0403. The van der Waals surface area contributed by atoms with E-state index >= 15 is 0 Å². The molecule has 76 valence electrons. The molecule has 0 saturated carbocycles. The minimum atomic E-state index is -0.0403. The van der Waals surface area contributed by atoms with Gasteiger partial charge in [-0.15, -0.1) is 6.58 Å². The molecular weight excluding hydrogens is 180 g/mol. The Bertz CT molecular complexity index is 281. The van der Waals surface area contributed by atoms with Gasteiger partial charge in [0.2, 0.25) is 5.91 Å². The molecule has 14 heavy (non-hydrogen) atoms. The molecule has 0 aliphatic rings. The highest BCUT2D eigenvalue weighted by atomic mass is 16.1. The number of carbonyl (C=O) groups is 1. The van der Waals surface area contributed by atoms with Crippen LogP contribution in [0.2, 0.25) is 0 Å². The monoisotopic (exact) mass is 194 g/mol. The topological polar surface area (TPSA) is 69.8 Å². The van der Waals surface area contributed by atoms with Gasteiger partial charge >= 0.3 is 0 Å². The van der Waals surface area contributed by atoms with Crippen LogP contribution in [0.1, 0.15) is 5.69 Å². The third-order valence-electron chi connectivity index (χ3n) is 1.61. The van der Waals surface area contributed by atoms with Crippen LogP contribution in [0.25, 0.3) is 0 Å². The first-order valence-electron chi connectivity index (χ1n) is 4.39. The van der Waals surface area contributed by atoms with Crippen LogP contribution in [0, 0.1) is 0 Å². The number of H-pyrrole nitrogens is 1. The number of rotatable bonds is 6. The zero-order valence-corrected chi connectivity index (χ0v) is 7.92. The molecule has 0 radical (unpaired) electrons. The number of aromatic nitrogens is 2. The van der Waals surface area contributed by atoms with E-state index in [1.807, 2.05) is 6.07 Å². The highest BCUT2D eigenvalue weighted by Crippen LogP contribution is 1.88. The smallest absolute Gasteiger partial charge is 0.234 e. The van der Waals surface area contributed by atoms with E-state index in [0.29, 0.717) is 19.6 Å². The van der Waals surface area contributed by atoms with Crippen LogP contribution in [0.4, 0.5) is 0 Å². The van der Waals surface area contributed by atoms with Crippen molar-refractivity contribution in [3.8, 4) is 0 Å². The summed E-state index contributed by atoms with van der Waals surface area (Å²) >= 11 is 0. The maximum atomic E-state index is 11.2. The van der Waals surface area contributed by atoms with E-state index in [1.165, 1.54) is 0 Å². The van der Waals surface area contributed by atoms with Crippen molar-refractivity contribution >= 4 is 5.91 Å². The normalized spacial score (nSPS) is 9.71. The summed E-state index contributed by atoms with van der Waals surface area (Å²) in [5.41, 5.74) is 0.891. The summed E-state index contributed by atoms with van der Waals surface area (Å²) in [6.45, 7) is 4.96. The maximum absolute atomic E-state index is 11.2. The molecule has 1 amide bonds. The molecule has 1 aromatic rings. The van der Waals surface area contributed by atoms with Gasteiger partial charge in [-0.25, -0.2) is 0 Å². The van der Waals surface area contributed by atoms with Crippen molar-refractivity contribution in [1.29, 1.82) is 0 Å². The highest BCUT2D eigenvalue weighted by molar-refractivity contribution is 5.77. The zero-order chi connectivity index (χ0) is 10.2. The van der Waals surface area contributed by atoms with Gasteiger partial charge in [0.25, 0.3) is 0 Å². The largest absolute Gasteiger partial charge is 0.349 e. The molecule has 0 bridgehead atoms. The van der Waals surface area contributed by atoms with Gasteiger partial charge in [0, 0.05) is 12.7 Å². The standard InChI is InChI=1S/C9H14N4O/c1-2-4-10-7-9(14)11-6-8-3-5-12-13-8/h2-3,5,10H,1,4,6-7H2,(H,11,14)(H,12,13). The predicted molar refractivity (Wildman–Crippen MR) is 53.5 cm³/mol.